The normalized spacial score (nSPS) is 10.6. The van der Waals surface area contributed by atoms with E-state index < -0.39 is 0 Å². The lowest BCUT2D eigenvalue weighted by Crippen LogP contribution is -2.21. The first-order chi connectivity index (χ1) is 8.60. The summed E-state index contributed by atoms with van der Waals surface area (Å²) in [4.78, 5) is 13.9. The van der Waals surface area contributed by atoms with Crippen molar-refractivity contribution in [1.29, 1.82) is 0 Å². The van der Waals surface area contributed by atoms with E-state index in [2.05, 4.69) is 10.4 Å². The van der Waals surface area contributed by atoms with Crippen molar-refractivity contribution in [2.75, 3.05) is 0 Å². The molecule has 0 spiro atoms. The van der Waals surface area contributed by atoms with Crippen molar-refractivity contribution >= 4 is 17.2 Å². The largest absolute Gasteiger partial charge is 0.347 e. The molecule has 18 heavy (non-hydrogen) atoms. The Morgan fingerprint density at radius 3 is 2.83 bits per heavy atom. The third-order valence-electron chi connectivity index (χ3n) is 2.85. The minimum atomic E-state index is -0.0135. The molecule has 0 fully saturated rings. The van der Waals surface area contributed by atoms with Crippen LogP contribution in [0.1, 0.15) is 32.6 Å². The summed E-state index contributed by atoms with van der Waals surface area (Å²) in [5.41, 5.74) is 2.19. The Kier molecular flexibility index (Phi) is 3.81. The predicted molar refractivity (Wildman–Crippen MR) is 72.9 cm³/mol. The second kappa shape index (κ2) is 5.35. The second-order valence-corrected chi connectivity index (χ2v) is 5.49. The molecule has 2 heterocycles. The van der Waals surface area contributed by atoms with Crippen molar-refractivity contribution in [3.8, 4) is 0 Å². The molecule has 0 aliphatic rings. The molecule has 0 radical (unpaired) electrons. The fourth-order valence-electron chi connectivity index (χ4n) is 1.63. The highest BCUT2D eigenvalue weighted by atomic mass is 32.1. The van der Waals surface area contributed by atoms with E-state index in [1.54, 1.807) is 6.20 Å². The molecule has 0 atom stereocenters. The lowest BCUT2D eigenvalue weighted by Gasteiger charge is -2.00. The van der Waals surface area contributed by atoms with Crippen molar-refractivity contribution < 1.29 is 4.79 Å². The first-order valence-electron chi connectivity index (χ1n) is 5.96. The lowest BCUT2D eigenvalue weighted by molar-refractivity contribution is 0.0955. The van der Waals surface area contributed by atoms with Gasteiger partial charge in [0.2, 0.25) is 0 Å². The van der Waals surface area contributed by atoms with Gasteiger partial charge in [-0.05, 0) is 32.4 Å². The van der Waals surface area contributed by atoms with Gasteiger partial charge in [-0.15, -0.1) is 11.3 Å². The number of rotatable bonds is 4. The monoisotopic (exact) mass is 263 g/mol. The van der Waals surface area contributed by atoms with Crippen LogP contribution in [0.2, 0.25) is 0 Å². The predicted octanol–water partition coefficient (Wildman–Crippen LogP) is 2.51. The average molecular weight is 263 g/mol. The summed E-state index contributed by atoms with van der Waals surface area (Å²) in [6.45, 7) is 7.45. The van der Waals surface area contributed by atoms with Crippen LogP contribution in [0, 0.1) is 13.8 Å². The molecule has 2 rings (SSSR count). The van der Waals surface area contributed by atoms with Crippen LogP contribution in [0.4, 0.5) is 0 Å². The summed E-state index contributed by atoms with van der Waals surface area (Å²) in [6, 6.07) is 1.94. The van der Waals surface area contributed by atoms with Crippen molar-refractivity contribution in [2.45, 2.75) is 33.9 Å². The summed E-state index contributed by atoms with van der Waals surface area (Å²) in [5.74, 6) is -0.0135. The van der Waals surface area contributed by atoms with E-state index in [0.717, 1.165) is 17.0 Å². The van der Waals surface area contributed by atoms with E-state index in [1.807, 2.05) is 37.7 Å². The molecule has 0 aliphatic heterocycles. The Balaban J connectivity index is 1.95. The fourth-order valence-corrected chi connectivity index (χ4v) is 2.58. The van der Waals surface area contributed by atoms with Crippen molar-refractivity contribution in [1.82, 2.24) is 15.1 Å². The van der Waals surface area contributed by atoms with E-state index in [4.69, 9.17) is 0 Å². The number of aryl methyl sites for hydroxylation is 3. The van der Waals surface area contributed by atoms with E-state index in [9.17, 15) is 4.79 Å². The van der Waals surface area contributed by atoms with E-state index >= 15 is 0 Å². The molecule has 0 unspecified atom stereocenters. The van der Waals surface area contributed by atoms with Crippen LogP contribution >= 0.6 is 11.3 Å². The Bertz CT molecular complexity index is 537. The van der Waals surface area contributed by atoms with Crippen LogP contribution < -0.4 is 5.32 Å². The minimum absolute atomic E-state index is 0.0135. The summed E-state index contributed by atoms with van der Waals surface area (Å²) < 4.78 is 1.85. The number of hydrogen-bond donors (Lipinski definition) is 1. The summed E-state index contributed by atoms with van der Waals surface area (Å²) in [7, 11) is 0. The van der Waals surface area contributed by atoms with Gasteiger partial charge in [0.15, 0.2) is 0 Å². The number of nitrogens with zero attached hydrogens (tertiary/aromatic N) is 2. The molecule has 0 aromatic carbocycles. The van der Waals surface area contributed by atoms with Crippen LogP contribution in [-0.4, -0.2) is 15.7 Å². The van der Waals surface area contributed by atoms with Gasteiger partial charge in [0.1, 0.15) is 0 Å². The van der Waals surface area contributed by atoms with Gasteiger partial charge in [0.25, 0.3) is 5.91 Å². The highest BCUT2D eigenvalue weighted by Crippen LogP contribution is 2.20. The Labute approximate surface area is 111 Å². The maximum Gasteiger partial charge on any atom is 0.261 e. The zero-order valence-electron chi connectivity index (χ0n) is 10.9. The minimum Gasteiger partial charge on any atom is -0.347 e. The zero-order chi connectivity index (χ0) is 13.1. The Morgan fingerprint density at radius 2 is 2.28 bits per heavy atom. The van der Waals surface area contributed by atoms with Crippen LogP contribution in [0.15, 0.2) is 18.5 Å². The lowest BCUT2D eigenvalue weighted by atomic mass is 10.3. The van der Waals surface area contributed by atoms with E-state index in [1.165, 1.54) is 21.8 Å². The van der Waals surface area contributed by atoms with Crippen molar-refractivity contribution in [3.05, 3.63) is 39.3 Å². The highest BCUT2D eigenvalue weighted by molar-refractivity contribution is 7.14. The Morgan fingerprint density at radius 1 is 1.50 bits per heavy atom. The molecule has 2 aromatic heterocycles. The molecule has 1 amide bonds. The third-order valence-corrected chi connectivity index (χ3v) is 4.00. The number of carbonyl (C=O) groups is 1. The SMILES string of the molecule is CCn1cc(CNC(=O)c2cc(C)c(C)s2)cn1. The van der Waals surface area contributed by atoms with E-state index in [-0.39, 0.29) is 5.91 Å². The molecule has 5 heteroatoms. The molecule has 0 saturated heterocycles. The number of hydrogen-bond acceptors (Lipinski definition) is 3. The number of thiophene rings is 1. The topological polar surface area (TPSA) is 46.9 Å². The second-order valence-electron chi connectivity index (χ2n) is 4.24. The molecule has 4 nitrogen and oxygen atoms in total. The number of aromatic nitrogens is 2. The fraction of sp³-hybridized carbons (Fsp3) is 0.385. The summed E-state index contributed by atoms with van der Waals surface area (Å²) in [5, 5.41) is 7.08. The molecule has 0 saturated carbocycles. The first-order valence-corrected chi connectivity index (χ1v) is 6.78. The Hall–Kier alpha value is -1.62. The summed E-state index contributed by atoms with van der Waals surface area (Å²) in [6.07, 6.45) is 3.74. The molecule has 0 aliphatic carbocycles. The van der Waals surface area contributed by atoms with Gasteiger partial charge in [-0.3, -0.25) is 9.48 Å². The van der Waals surface area contributed by atoms with Gasteiger partial charge in [0, 0.05) is 29.7 Å². The van der Waals surface area contributed by atoms with E-state index in [0.29, 0.717) is 6.54 Å². The smallest absolute Gasteiger partial charge is 0.261 e. The molecule has 1 N–H and O–H groups in total. The van der Waals surface area contributed by atoms with Crippen molar-refractivity contribution in [2.24, 2.45) is 0 Å². The number of carbonyl (C=O) groups excluding carboxylic acids is 1. The molecule has 0 bridgehead atoms. The number of amides is 1. The van der Waals surface area contributed by atoms with Gasteiger partial charge >= 0.3 is 0 Å². The maximum atomic E-state index is 11.9. The van der Waals surface area contributed by atoms with Gasteiger partial charge < -0.3 is 5.32 Å². The first kappa shape index (κ1) is 12.8. The van der Waals surface area contributed by atoms with Gasteiger partial charge in [-0.25, -0.2) is 0 Å². The molecule has 96 valence electrons. The maximum absolute atomic E-state index is 11.9. The molecular formula is C13H17N3OS. The quantitative estimate of drug-likeness (QED) is 0.921. The zero-order valence-corrected chi connectivity index (χ0v) is 11.7. The standard InChI is InChI=1S/C13H17N3OS/c1-4-16-8-11(7-15-16)6-14-13(17)12-5-9(2)10(3)18-12/h5,7-8H,4,6H2,1-3H3,(H,14,17). The highest BCUT2D eigenvalue weighted by Gasteiger charge is 2.10. The van der Waals surface area contributed by atoms with Crippen LogP contribution in [0.25, 0.3) is 0 Å². The van der Waals surface area contributed by atoms with Gasteiger partial charge in [-0.1, -0.05) is 0 Å². The third kappa shape index (κ3) is 2.79. The van der Waals surface area contributed by atoms with Gasteiger partial charge in [-0.2, -0.15) is 5.10 Å². The van der Waals surface area contributed by atoms with Crippen LogP contribution in [0.3, 0.4) is 0 Å². The number of nitrogens with one attached hydrogen (secondary N) is 1. The molecular weight excluding hydrogens is 246 g/mol. The van der Waals surface area contributed by atoms with Crippen LogP contribution in [-0.2, 0) is 13.1 Å². The molecule has 2 aromatic rings. The summed E-state index contributed by atoms with van der Waals surface area (Å²) >= 11 is 1.53. The van der Waals surface area contributed by atoms with Crippen LogP contribution in [0.5, 0.6) is 0 Å². The average Bonchev–Trinajstić information content (AvgIpc) is 2.94. The van der Waals surface area contributed by atoms with Gasteiger partial charge in [0.05, 0.1) is 11.1 Å². The van der Waals surface area contributed by atoms with Crippen molar-refractivity contribution in [3.63, 3.8) is 0 Å².